The quantitative estimate of drug-likeness (QED) is 0.892. The Balaban J connectivity index is 1.99. The van der Waals surface area contributed by atoms with Gasteiger partial charge in [0.05, 0.1) is 12.3 Å². The number of nitriles is 1. The number of furan rings is 1. The molecular formula is C13H18N2OS. The fourth-order valence-corrected chi connectivity index (χ4v) is 3.73. The first-order chi connectivity index (χ1) is 8.19. The number of rotatable bonds is 4. The summed E-state index contributed by atoms with van der Waals surface area (Å²) in [6.45, 7) is 4.90. The van der Waals surface area contributed by atoms with Gasteiger partial charge in [-0.3, -0.25) is 5.32 Å². The first kappa shape index (κ1) is 12.5. The molecule has 1 aliphatic carbocycles. The predicted octanol–water partition coefficient (Wildman–Crippen LogP) is 3.10. The van der Waals surface area contributed by atoms with Crippen molar-refractivity contribution >= 4 is 11.8 Å². The van der Waals surface area contributed by atoms with Gasteiger partial charge in [-0.25, -0.2) is 0 Å². The third-order valence-electron chi connectivity index (χ3n) is 3.30. The summed E-state index contributed by atoms with van der Waals surface area (Å²) < 4.78 is 5.30. The molecule has 0 radical (unpaired) electrons. The second kappa shape index (κ2) is 5.16. The van der Waals surface area contributed by atoms with E-state index in [1.165, 1.54) is 4.90 Å². The smallest absolute Gasteiger partial charge is 0.114 e. The van der Waals surface area contributed by atoms with Crippen molar-refractivity contribution in [3.05, 3.63) is 18.1 Å². The van der Waals surface area contributed by atoms with Gasteiger partial charge in [0.2, 0.25) is 0 Å². The monoisotopic (exact) mass is 250 g/mol. The van der Waals surface area contributed by atoms with E-state index in [4.69, 9.17) is 4.42 Å². The second-order valence-corrected chi connectivity index (χ2v) is 5.89. The number of aryl methyl sites for hydroxylation is 1. The molecule has 1 aliphatic rings. The van der Waals surface area contributed by atoms with Crippen LogP contribution >= 0.6 is 11.8 Å². The summed E-state index contributed by atoms with van der Waals surface area (Å²) in [5.74, 6) is 0.980. The predicted molar refractivity (Wildman–Crippen MR) is 69.0 cm³/mol. The van der Waals surface area contributed by atoms with Crippen LogP contribution in [0.1, 0.15) is 31.9 Å². The van der Waals surface area contributed by atoms with Gasteiger partial charge >= 0.3 is 0 Å². The van der Waals surface area contributed by atoms with Gasteiger partial charge in [0, 0.05) is 10.1 Å². The van der Waals surface area contributed by atoms with Crippen molar-refractivity contribution in [1.82, 2.24) is 5.32 Å². The second-order valence-electron chi connectivity index (χ2n) is 4.55. The van der Waals surface area contributed by atoms with E-state index in [9.17, 15) is 5.26 Å². The first-order valence-corrected chi connectivity index (χ1v) is 6.94. The summed E-state index contributed by atoms with van der Waals surface area (Å²) in [5.41, 5.74) is -0.302. The highest BCUT2D eigenvalue weighted by atomic mass is 32.2. The molecule has 1 fully saturated rings. The average Bonchev–Trinajstić information content (AvgIpc) is 2.89. The van der Waals surface area contributed by atoms with Gasteiger partial charge in [0.1, 0.15) is 11.3 Å². The molecule has 2 unspecified atom stereocenters. The van der Waals surface area contributed by atoms with Crippen LogP contribution in [0.5, 0.6) is 0 Å². The van der Waals surface area contributed by atoms with Gasteiger partial charge in [-0.15, -0.1) is 11.8 Å². The lowest BCUT2D eigenvalue weighted by Gasteiger charge is -2.21. The fourth-order valence-electron chi connectivity index (χ4n) is 2.42. The molecular weight excluding hydrogens is 232 g/mol. The molecule has 4 heteroatoms. The minimum Gasteiger partial charge on any atom is -0.468 e. The van der Waals surface area contributed by atoms with Crippen LogP contribution < -0.4 is 5.32 Å². The van der Waals surface area contributed by atoms with Crippen LogP contribution in [0, 0.1) is 18.3 Å². The van der Waals surface area contributed by atoms with E-state index in [1.54, 1.807) is 6.26 Å². The zero-order chi connectivity index (χ0) is 12.3. The van der Waals surface area contributed by atoms with Gasteiger partial charge < -0.3 is 4.42 Å². The van der Waals surface area contributed by atoms with Crippen molar-refractivity contribution in [3.63, 3.8) is 0 Å². The maximum Gasteiger partial charge on any atom is 0.114 e. The van der Waals surface area contributed by atoms with E-state index in [1.807, 2.05) is 24.8 Å². The molecule has 1 aromatic heterocycles. The molecule has 2 rings (SSSR count). The molecule has 0 spiro atoms. The lowest BCUT2D eigenvalue weighted by Crippen LogP contribution is -2.41. The Morgan fingerprint density at radius 2 is 2.53 bits per heavy atom. The Kier molecular flexibility index (Phi) is 3.80. The van der Waals surface area contributed by atoms with Gasteiger partial charge in [-0.1, -0.05) is 6.92 Å². The minimum atomic E-state index is -0.302. The lowest BCUT2D eigenvalue weighted by molar-refractivity contribution is 0.436. The lowest BCUT2D eigenvalue weighted by atomic mass is 10.0. The van der Waals surface area contributed by atoms with Crippen molar-refractivity contribution in [2.24, 2.45) is 0 Å². The van der Waals surface area contributed by atoms with E-state index < -0.39 is 0 Å². The normalized spacial score (nSPS) is 28.2. The number of nitrogens with one attached hydrogen (secondary N) is 1. The molecule has 1 saturated carbocycles. The molecule has 1 N–H and O–H groups in total. The third kappa shape index (κ3) is 2.67. The van der Waals surface area contributed by atoms with Crippen LogP contribution in [0.3, 0.4) is 0 Å². The Morgan fingerprint density at radius 3 is 3.12 bits per heavy atom. The van der Waals surface area contributed by atoms with E-state index in [0.29, 0.717) is 5.25 Å². The van der Waals surface area contributed by atoms with Crippen LogP contribution in [0.2, 0.25) is 0 Å². The highest BCUT2D eigenvalue weighted by molar-refractivity contribution is 8.00. The zero-order valence-electron chi connectivity index (χ0n) is 10.3. The van der Waals surface area contributed by atoms with Crippen LogP contribution in [-0.4, -0.2) is 17.3 Å². The van der Waals surface area contributed by atoms with Gasteiger partial charge in [-0.2, -0.15) is 5.26 Å². The van der Waals surface area contributed by atoms with E-state index in [0.717, 1.165) is 31.6 Å². The number of thioether (sulfide) groups is 1. The molecule has 2 atom stereocenters. The van der Waals surface area contributed by atoms with Crippen LogP contribution in [-0.2, 0) is 0 Å². The largest absolute Gasteiger partial charge is 0.468 e. The maximum absolute atomic E-state index is 9.31. The molecule has 92 valence electrons. The van der Waals surface area contributed by atoms with Gasteiger partial charge in [-0.05, 0) is 38.8 Å². The van der Waals surface area contributed by atoms with Crippen molar-refractivity contribution in [2.75, 3.05) is 6.54 Å². The van der Waals surface area contributed by atoms with Crippen LogP contribution in [0.4, 0.5) is 0 Å². The SMILES string of the molecule is CCNC1(C#N)CCC(Sc2ccoc2C)C1. The van der Waals surface area contributed by atoms with Crippen molar-refractivity contribution in [1.29, 1.82) is 5.26 Å². The number of hydrogen-bond acceptors (Lipinski definition) is 4. The average molecular weight is 250 g/mol. The Labute approximate surface area is 107 Å². The molecule has 0 bridgehead atoms. The van der Waals surface area contributed by atoms with E-state index in [2.05, 4.69) is 18.3 Å². The fraction of sp³-hybridized carbons (Fsp3) is 0.615. The minimum absolute atomic E-state index is 0.302. The van der Waals surface area contributed by atoms with E-state index >= 15 is 0 Å². The summed E-state index contributed by atoms with van der Waals surface area (Å²) in [4.78, 5) is 1.21. The van der Waals surface area contributed by atoms with Crippen molar-refractivity contribution in [3.8, 4) is 6.07 Å². The molecule has 3 nitrogen and oxygen atoms in total. The standard InChI is InChI=1S/C13H18N2OS/c1-3-15-13(9-14)6-4-11(8-13)17-12-5-7-16-10(12)2/h5,7,11,15H,3-4,6,8H2,1-2H3. The Bertz CT molecular complexity index is 423. The third-order valence-corrected chi connectivity index (χ3v) is 4.72. The summed E-state index contributed by atoms with van der Waals surface area (Å²) in [6.07, 6.45) is 4.70. The topological polar surface area (TPSA) is 49.0 Å². The van der Waals surface area contributed by atoms with Crippen molar-refractivity contribution in [2.45, 2.75) is 48.8 Å². The highest BCUT2D eigenvalue weighted by Gasteiger charge is 2.39. The summed E-state index contributed by atoms with van der Waals surface area (Å²) in [7, 11) is 0. The number of hydrogen-bond donors (Lipinski definition) is 1. The van der Waals surface area contributed by atoms with Crippen LogP contribution in [0.25, 0.3) is 0 Å². The van der Waals surface area contributed by atoms with Gasteiger partial charge in [0.25, 0.3) is 0 Å². The molecule has 1 heterocycles. The first-order valence-electron chi connectivity index (χ1n) is 6.06. The Morgan fingerprint density at radius 1 is 1.71 bits per heavy atom. The van der Waals surface area contributed by atoms with Crippen LogP contribution in [0.15, 0.2) is 21.6 Å². The molecule has 0 aromatic carbocycles. The highest BCUT2D eigenvalue weighted by Crippen LogP contribution is 2.41. The summed E-state index contributed by atoms with van der Waals surface area (Å²) in [6, 6.07) is 4.47. The van der Waals surface area contributed by atoms with E-state index in [-0.39, 0.29) is 5.54 Å². The summed E-state index contributed by atoms with van der Waals surface area (Å²) in [5, 5.41) is 13.2. The Hall–Kier alpha value is -0.920. The van der Waals surface area contributed by atoms with Crippen molar-refractivity contribution < 1.29 is 4.42 Å². The molecule has 17 heavy (non-hydrogen) atoms. The molecule has 0 amide bonds. The summed E-state index contributed by atoms with van der Waals surface area (Å²) >= 11 is 1.84. The molecule has 1 aromatic rings. The maximum atomic E-state index is 9.31. The molecule has 0 aliphatic heterocycles. The van der Waals surface area contributed by atoms with Gasteiger partial charge in [0.15, 0.2) is 0 Å². The number of nitrogens with zero attached hydrogens (tertiary/aromatic N) is 1. The molecule has 0 saturated heterocycles. The zero-order valence-corrected chi connectivity index (χ0v) is 11.1.